The van der Waals surface area contributed by atoms with E-state index in [-0.39, 0.29) is 17.2 Å². The van der Waals surface area contributed by atoms with Gasteiger partial charge in [0.1, 0.15) is 0 Å². The molecule has 0 aliphatic carbocycles. The van der Waals surface area contributed by atoms with Crippen LogP contribution in [-0.4, -0.2) is 34.3 Å². The van der Waals surface area contributed by atoms with Gasteiger partial charge in [-0.15, -0.1) is 0 Å². The van der Waals surface area contributed by atoms with Crippen LogP contribution in [0.25, 0.3) is 11.3 Å². The van der Waals surface area contributed by atoms with Gasteiger partial charge in [-0.25, -0.2) is 4.90 Å². The fraction of sp³-hybridized carbons (Fsp3) is 0.292. The molecule has 0 bridgehead atoms. The highest BCUT2D eigenvalue weighted by Gasteiger charge is 2.45. The summed E-state index contributed by atoms with van der Waals surface area (Å²) in [6, 6.07) is 12.3. The van der Waals surface area contributed by atoms with Crippen LogP contribution in [0.5, 0.6) is 11.5 Å². The summed E-state index contributed by atoms with van der Waals surface area (Å²) in [5.74, 6) is 0.651. The number of amides is 1. The van der Waals surface area contributed by atoms with Crippen LogP contribution in [0, 0.1) is 0 Å². The Kier molecular flexibility index (Phi) is 6.69. The number of rotatable bonds is 6. The molecule has 0 saturated heterocycles. The van der Waals surface area contributed by atoms with E-state index < -0.39 is 12.1 Å². The number of aromatic nitrogens is 3. The fourth-order valence-electron chi connectivity index (χ4n) is 4.01. The lowest BCUT2D eigenvalue weighted by Gasteiger charge is -2.31. The summed E-state index contributed by atoms with van der Waals surface area (Å²) in [6.45, 7) is 6.92. The summed E-state index contributed by atoms with van der Waals surface area (Å²) in [5, 5.41) is 5.15. The van der Waals surface area contributed by atoms with Crippen molar-refractivity contribution < 1.29 is 23.7 Å². The van der Waals surface area contributed by atoms with E-state index in [0.29, 0.717) is 45.8 Å². The molecular formula is C24H25N4O5S+. The first-order valence-electron chi connectivity index (χ1n) is 10.9. The summed E-state index contributed by atoms with van der Waals surface area (Å²) in [4.78, 5) is 42.2. The van der Waals surface area contributed by atoms with E-state index in [4.69, 9.17) is 14.6 Å². The number of H-pyrrole nitrogens is 1. The van der Waals surface area contributed by atoms with Crippen molar-refractivity contribution in [3.8, 4) is 22.8 Å². The molecule has 1 aromatic heterocycles. The molecule has 10 heteroatoms. The predicted molar refractivity (Wildman–Crippen MR) is 127 cm³/mol. The molecule has 0 fully saturated rings. The lowest BCUT2D eigenvalue weighted by Crippen LogP contribution is -2.60. The van der Waals surface area contributed by atoms with E-state index in [1.165, 1.54) is 25.6 Å². The Labute approximate surface area is 200 Å². The van der Waals surface area contributed by atoms with Gasteiger partial charge in [-0.3, -0.25) is 19.4 Å². The molecular weight excluding hydrogens is 456 g/mol. The molecule has 1 aliphatic heterocycles. The summed E-state index contributed by atoms with van der Waals surface area (Å²) in [5.41, 5.74) is 1.90. The van der Waals surface area contributed by atoms with Gasteiger partial charge < -0.3 is 9.47 Å². The van der Waals surface area contributed by atoms with Crippen molar-refractivity contribution in [2.75, 3.05) is 17.3 Å². The van der Waals surface area contributed by atoms with Crippen molar-refractivity contribution in [3.63, 3.8) is 0 Å². The van der Waals surface area contributed by atoms with E-state index >= 15 is 0 Å². The smallest absolute Gasteiger partial charge is 0.325 e. The average molecular weight is 482 g/mol. The molecule has 1 N–H and O–H groups in total. The first kappa shape index (κ1) is 23.5. The van der Waals surface area contributed by atoms with Crippen LogP contribution < -0.4 is 24.6 Å². The Morgan fingerprint density at radius 3 is 2.59 bits per heavy atom. The lowest BCUT2D eigenvalue weighted by molar-refractivity contribution is -0.763. The maximum Gasteiger partial charge on any atom is 0.325 e. The molecule has 0 saturated carbocycles. The van der Waals surface area contributed by atoms with Gasteiger partial charge in [-0.05, 0) is 47.7 Å². The molecule has 0 radical (unpaired) electrons. The standard InChI is InChI=1S/C24H24N4O5S/c1-5-32-20-13-16(11-12-19(20)33-15(4)30)23-27(14(3)29)18-10-8-7-9-17(18)21-22(31)25-24(34-6-2)26-28(21)23/h7-13,23H,5-6H2,1-4H3/p+1. The van der Waals surface area contributed by atoms with Crippen LogP contribution in [0.4, 0.5) is 5.69 Å². The molecule has 3 aromatic rings. The lowest BCUT2D eigenvalue weighted by atomic mass is 10.0. The molecule has 1 unspecified atom stereocenters. The number of para-hydroxylation sites is 1. The number of fused-ring (bicyclic) bond motifs is 3. The molecule has 4 rings (SSSR count). The highest BCUT2D eigenvalue weighted by molar-refractivity contribution is 7.99. The minimum absolute atomic E-state index is 0.218. The van der Waals surface area contributed by atoms with Crippen LogP contribution in [0.1, 0.15) is 39.4 Å². The molecule has 176 valence electrons. The monoisotopic (exact) mass is 481 g/mol. The van der Waals surface area contributed by atoms with Gasteiger partial charge in [0.05, 0.1) is 17.9 Å². The first-order valence-corrected chi connectivity index (χ1v) is 11.9. The molecule has 9 nitrogen and oxygen atoms in total. The average Bonchev–Trinajstić information content (AvgIpc) is 2.79. The van der Waals surface area contributed by atoms with Gasteiger partial charge in [-0.1, -0.05) is 30.8 Å². The molecule has 1 aliphatic rings. The minimum Gasteiger partial charge on any atom is -0.490 e. The van der Waals surface area contributed by atoms with Crippen LogP contribution in [0.3, 0.4) is 0 Å². The minimum atomic E-state index is -0.758. The Morgan fingerprint density at radius 2 is 1.91 bits per heavy atom. The fourth-order valence-corrected chi connectivity index (χ4v) is 4.59. The Bertz CT molecular complexity index is 1320. The zero-order valence-corrected chi connectivity index (χ0v) is 20.1. The van der Waals surface area contributed by atoms with Crippen molar-refractivity contribution >= 4 is 29.3 Å². The van der Waals surface area contributed by atoms with E-state index in [0.717, 1.165) is 0 Å². The van der Waals surface area contributed by atoms with Crippen molar-refractivity contribution in [3.05, 3.63) is 58.4 Å². The third-order valence-corrected chi connectivity index (χ3v) is 5.94. The third kappa shape index (κ3) is 4.28. The van der Waals surface area contributed by atoms with E-state index in [1.54, 1.807) is 39.9 Å². The number of nitrogens with one attached hydrogen (secondary N) is 1. The summed E-state index contributed by atoms with van der Waals surface area (Å²) in [6.07, 6.45) is -0.758. The Hall–Kier alpha value is -3.66. The zero-order valence-electron chi connectivity index (χ0n) is 19.3. The second-order valence-corrected chi connectivity index (χ2v) is 8.75. The topological polar surface area (TPSA) is 105 Å². The number of thioether (sulfide) groups is 1. The maximum atomic E-state index is 13.2. The van der Waals surface area contributed by atoms with E-state index in [2.05, 4.69) is 4.98 Å². The quantitative estimate of drug-likeness (QED) is 0.250. The van der Waals surface area contributed by atoms with Crippen LogP contribution in [0.2, 0.25) is 0 Å². The second kappa shape index (κ2) is 9.68. The third-order valence-electron chi connectivity index (χ3n) is 5.20. The zero-order chi connectivity index (χ0) is 24.4. The number of nitrogens with zero attached hydrogens (tertiary/aromatic N) is 3. The molecule has 2 aromatic carbocycles. The van der Waals surface area contributed by atoms with Crippen LogP contribution >= 0.6 is 11.8 Å². The Morgan fingerprint density at radius 1 is 1.15 bits per heavy atom. The molecule has 1 amide bonds. The van der Waals surface area contributed by atoms with Gasteiger partial charge in [-0.2, -0.15) is 0 Å². The SMILES string of the molecule is CCOc1cc(C2N(C(C)=O)c3ccccc3-c3c(=O)[nH]c(SCC)n[n+]32)ccc1OC(C)=O. The Balaban J connectivity index is 2.00. The normalized spacial score (nSPS) is 14.2. The van der Waals surface area contributed by atoms with Gasteiger partial charge in [0, 0.05) is 24.5 Å². The van der Waals surface area contributed by atoms with E-state index in [1.807, 2.05) is 26.0 Å². The van der Waals surface area contributed by atoms with Gasteiger partial charge >= 0.3 is 17.2 Å². The second-order valence-electron chi connectivity index (χ2n) is 7.50. The van der Waals surface area contributed by atoms with Gasteiger partial charge in [0.25, 0.3) is 6.17 Å². The number of benzene rings is 2. The molecule has 1 atom stereocenters. The van der Waals surface area contributed by atoms with Gasteiger partial charge in [0.2, 0.25) is 11.1 Å². The largest absolute Gasteiger partial charge is 0.490 e. The summed E-state index contributed by atoms with van der Waals surface area (Å²) in [7, 11) is 0. The van der Waals surface area contributed by atoms with E-state index in [9.17, 15) is 14.4 Å². The molecule has 2 heterocycles. The molecule has 0 spiro atoms. The maximum absolute atomic E-state index is 13.2. The predicted octanol–water partition coefficient (Wildman–Crippen LogP) is 3.07. The van der Waals surface area contributed by atoms with Gasteiger partial charge in [0.15, 0.2) is 11.5 Å². The van der Waals surface area contributed by atoms with Crippen LogP contribution in [-0.2, 0) is 9.59 Å². The van der Waals surface area contributed by atoms with Crippen molar-refractivity contribution in [2.24, 2.45) is 0 Å². The number of aromatic amines is 1. The van der Waals surface area contributed by atoms with Crippen molar-refractivity contribution in [2.45, 2.75) is 39.0 Å². The number of hydrogen-bond acceptors (Lipinski definition) is 7. The number of carbonyl (C=O) groups is 2. The number of hydrogen-bond donors (Lipinski definition) is 1. The van der Waals surface area contributed by atoms with Crippen LogP contribution in [0.15, 0.2) is 52.4 Å². The van der Waals surface area contributed by atoms with Crippen molar-refractivity contribution in [1.29, 1.82) is 0 Å². The highest BCUT2D eigenvalue weighted by Crippen LogP contribution is 2.39. The first-order chi connectivity index (χ1) is 16.3. The number of anilines is 1. The number of ether oxygens (including phenoxy) is 2. The molecule has 34 heavy (non-hydrogen) atoms. The number of esters is 1. The summed E-state index contributed by atoms with van der Waals surface area (Å²) < 4.78 is 12.6. The summed E-state index contributed by atoms with van der Waals surface area (Å²) >= 11 is 1.40. The number of carbonyl (C=O) groups excluding carboxylic acids is 2. The highest BCUT2D eigenvalue weighted by atomic mass is 32.2. The van der Waals surface area contributed by atoms with Crippen molar-refractivity contribution in [1.82, 2.24) is 10.1 Å².